The number of amides is 3. The zero-order chi connectivity index (χ0) is 32.4. The van der Waals surface area contributed by atoms with E-state index in [0.29, 0.717) is 30.2 Å². The molecule has 0 aliphatic carbocycles. The molecule has 3 heterocycles. The third-order valence-corrected chi connectivity index (χ3v) is 9.37. The van der Waals surface area contributed by atoms with Crippen LogP contribution in [-0.2, 0) is 23.1 Å². The smallest absolute Gasteiger partial charge is 0.324 e. The first kappa shape index (κ1) is 31.4. The molecule has 2 saturated heterocycles. The first-order chi connectivity index (χ1) is 22.1. The lowest BCUT2D eigenvalue weighted by molar-refractivity contribution is -0.135. The first-order valence-corrected chi connectivity index (χ1v) is 16.3. The van der Waals surface area contributed by atoms with Gasteiger partial charge in [-0.15, -0.1) is 0 Å². The second-order valence-corrected chi connectivity index (χ2v) is 13.9. The summed E-state index contributed by atoms with van der Waals surface area (Å²) in [6.45, 7) is 8.38. The van der Waals surface area contributed by atoms with Gasteiger partial charge in [0, 0.05) is 29.3 Å². The van der Waals surface area contributed by atoms with E-state index in [9.17, 15) is 9.59 Å². The van der Waals surface area contributed by atoms with Crippen LogP contribution >= 0.6 is 0 Å². The summed E-state index contributed by atoms with van der Waals surface area (Å²) in [4.78, 5) is 28.6. The third kappa shape index (κ3) is 7.11. The number of benzene rings is 3. The van der Waals surface area contributed by atoms with E-state index in [1.807, 2.05) is 73.7 Å². The van der Waals surface area contributed by atoms with E-state index in [4.69, 9.17) is 9.84 Å². The lowest BCUT2D eigenvalue weighted by atomic mass is 9.85. The van der Waals surface area contributed by atoms with Gasteiger partial charge in [-0.2, -0.15) is 5.10 Å². The Bertz CT molecular complexity index is 1660. The summed E-state index contributed by atoms with van der Waals surface area (Å²) in [6, 6.07) is 26.3. The Morgan fingerprint density at radius 2 is 1.50 bits per heavy atom. The number of carbonyl (C=O) groups is 2. The van der Waals surface area contributed by atoms with Crippen LogP contribution in [0.2, 0.25) is 0 Å². The molecule has 8 heteroatoms. The Kier molecular flexibility index (Phi) is 8.89. The second kappa shape index (κ2) is 13.0. The van der Waals surface area contributed by atoms with Gasteiger partial charge in [0.25, 0.3) is 0 Å². The number of aromatic nitrogens is 2. The molecule has 6 rings (SSSR count). The average Bonchev–Trinajstić information content (AvgIpc) is 3.57. The fourth-order valence-corrected chi connectivity index (χ4v) is 6.93. The molecule has 4 aromatic rings. The molecule has 2 aliphatic rings. The van der Waals surface area contributed by atoms with E-state index in [0.717, 1.165) is 66.0 Å². The van der Waals surface area contributed by atoms with Crippen LogP contribution in [0.1, 0.15) is 68.8 Å². The predicted octanol–water partition coefficient (Wildman–Crippen LogP) is 7.69. The molecule has 1 aromatic heterocycles. The predicted molar refractivity (Wildman–Crippen MR) is 183 cm³/mol. The van der Waals surface area contributed by atoms with Crippen molar-refractivity contribution in [3.8, 4) is 11.4 Å². The highest BCUT2D eigenvalue weighted by Gasteiger charge is 2.42. The van der Waals surface area contributed by atoms with Gasteiger partial charge in [0.15, 0.2) is 0 Å². The van der Waals surface area contributed by atoms with E-state index in [1.165, 1.54) is 5.56 Å². The van der Waals surface area contributed by atoms with Crippen molar-refractivity contribution in [1.82, 2.24) is 14.7 Å². The van der Waals surface area contributed by atoms with E-state index >= 15 is 0 Å². The number of rotatable bonds is 8. The number of nitrogens with one attached hydrogen (secondary N) is 2. The molecule has 0 radical (unpaired) electrons. The monoisotopic (exact) mass is 619 g/mol. The average molecular weight is 620 g/mol. The molecular weight excluding hydrogens is 574 g/mol. The van der Waals surface area contributed by atoms with Crippen LogP contribution in [0, 0.1) is 12.8 Å². The fourth-order valence-electron chi connectivity index (χ4n) is 6.93. The zero-order valence-electron chi connectivity index (χ0n) is 27.5. The van der Waals surface area contributed by atoms with Gasteiger partial charge < -0.3 is 15.0 Å². The van der Waals surface area contributed by atoms with Crippen molar-refractivity contribution in [2.24, 2.45) is 5.92 Å². The molecule has 2 N–H and O–H groups in total. The number of methoxy groups -OCH3 is 1. The number of hydrogen-bond acceptors (Lipinski definition) is 4. The molecule has 2 atom stereocenters. The van der Waals surface area contributed by atoms with Crippen molar-refractivity contribution in [2.75, 3.05) is 17.7 Å². The number of piperidine rings is 1. The van der Waals surface area contributed by atoms with Crippen LogP contribution < -0.4 is 15.4 Å². The van der Waals surface area contributed by atoms with Crippen molar-refractivity contribution in [2.45, 2.75) is 83.7 Å². The molecule has 46 heavy (non-hydrogen) atoms. The highest BCUT2D eigenvalue weighted by atomic mass is 16.5. The second-order valence-electron chi connectivity index (χ2n) is 13.9. The first-order valence-electron chi connectivity index (χ1n) is 16.3. The van der Waals surface area contributed by atoms with Gasteiger partial charge in [-0.25, -0.2) is 9.48 Å². The van der Waals surface area contributed by atoms with Crippen LogP contribution in [0.3, 0.4) is 0 Å². The number of nitrogens with zero attached hydrogens (tertiary/aromatic N) is 3. The van der Waals surface area contributed by atoms with Crippen LogP contribution in [0.4, 0.5) is 16.3 Å². The van der Waals surface area contributed by atoms with Gasteiger partial charge >= 0.3 is 6.03 Å². The maximum absolute atomic E-state index is 13.3. The minimum Gasteiger partial charge on any atom is -0.497 e. The Labute approximate surface area is 272 Å². The molecule has 3 amide bonds. The number of carbonyl (C=O) groups excluding carboxylic acids is 2. The van der Waals surface area contributed by atoms with Crippen molar-refractivity contribution < 1.29 is 14.3 Å². The van der Waals surface area contributed by atoms with Gasteiger partial charge in [0.2, 0.25) is 5.91 Å². The van der Waals surface area contributed by atoms with Gasteiger partial charge in [-0.1, -0.05) is 62.7 Å². The maximum Gasteiger partial charge on any atom is 0.324 e. The van der Waals surface area contributed by atoms with Gasteiger partial charge in [0.05, 0.1) is 24.9 Å². The van der Waals surface area contributed by atoms with E-state index in [2.05, 4.69) is 48.4 Å². The van der Waals surface area contributed by atoms with E-state index in [1.54, 1.807) is 11.8 Å². The van der Waals surface area contributed by atoms with Crippen LogP contribution in [0.25, 0.3) is 5.69 Å². The maximum atomic E-state index is 13.3. The Balaban J connectivity index is 1.04. The summed E-state index contributed by atoms with van der Waals surface area (Å²) in [7, 11) is 1.65. The SMILES string of the molecule is COc1ccc(CC(=O)N2C3CCC2CC(Cc2ccc(NC(=O)Nc4cc(C(C)(C)C)nn4-c4ccc(C)cc4)cc2)C3)cc1. The summed E-state index contributed by atoms with van der Waals surface area (Å²) in [5.41, 5.74) is 5.80. The summed E-state index contributed by atoms with van der Waals surface area (Å²) in [5, 5.41) is 10.8. The van der Waals surface area contributed by atoms with Gasteiger partial charge in [-0.05, 0) is 92.5 Å². The highest BCUT2D eigenvalue weighted by molar-refractivity contribution is 5.99. The molecule has 0 saturated carbocycles. The number of hydrogen-bond donors (Lipinski definition) is 2. The molecule has 2 bridgehead atoms. The Hall–Kier alpha value is -4.59. The summed E-state index contributed by atoms with van der Waals surface area (Å²) in [6.07, 6.45) is 5.68. The molecular formula is C38H45N5O3. The largest absolute Gasteiger partial charge is 0.497 e. The minimum absolute atomic E-state index is 0.165. The summed E-state index contributed by atoms with van der Waals surface area (Å²) < 4.78 is 7.04. The molecule has 2 unspecified atom stereocenters. The molecule has 2 fully saturated rings. The summed E-state index contributed by atoms with van der Waals surface area (Å²) >= 11 is 0. The van der Waals surface area contributed by atoms with Crippen molar-refractivity contribution in [3.05, 3.63) is 101 Å². The normalized spacial score (nSPS) is 19.2. The number of fused-ring (bicyclic) bond motifs is 2. The summed E-state index contributed by atoms with van der Waals surface area (Å²) in [5.74, 6) is 2.21. The number of urea groups is 1. The van der Waals surface area contributed by atoms with Crippen molar-refractivity contribution >= 4 is 23.4 Å². The molecule has 8 nitrogen and oxygen atoms in total. The molecule has 0 spiro atoms. The number of anilines is 2. The van der Waals surface area contributed by atoms with Crippen molar-refractivity contribution in [1.29, 1.82) is 0 Å². The van der Waals surface area contributed by atoms with Crippen LogP contribution in [0.5, 0.6) is 5.75 Å². The highest BCUT2D eigenvalue weighted by Crippen LogP contribution is 2.40. The lowest BCUT2D eigenvalue weighted by Crippen LogP contribution is -2.47. The standard InChI is InChI=1S/C38H45N5O3/c1-25-6-14-30(15-7-25)43-35(24-34(41-43)38(2,3)4)40-37(45)39-29-12-8-26(9-13-29)20-28-21-31-16-17-32(22-28)42(31)36(44)23-27-10-18-33(46-5)19-11-27/h6-15,18-19,24,28,31-32H,16-17,20-23H2,1-5H3,(H2,39,40,45). The fraction of sp³-hybridized carbons (Fsp3) is 0.395. The quantitative estimate of drug-likeness (QED) is 0.212. The molecule has 240 valence electrons. The molecule has 2 aliphatic heterocycles. The lowest BCUT2D eigenvalue weighted by Gasteiger charge is -2.39. The van der Waals surface area contributed by atoms with Crippen LogP contribution in [-0.4, -0.2) is 45.8 Å². The molecule has 3 aromatic carbocycles. The topological polar surface area (TPSA) is 88.5 Å². The van der Waals surface area contributed by atoms with E-state index in [-0.39, 0.29) is 17.4 Å². The van der Waals surface area contributed by atoms with Crippen molar-refractivity contribution in [3.63, 3.8) is 0 Å². The van der Waals surface area contributed by atoms with E-state index < -0.39 is 0 Å². The Morgan fingerprint density at radius 1 is 0.870 bits per heavy atom. The third-order valence-electron chi connectivity index (χ3n) is 9.37. The number of ether oxygens (including phenoxy) is 1. The van der Waals surface area contributed by atoms with Gasteiger partial charge in [-0.3, -0.25) is 10.1 Å². The van der Waals surface area contributed by atoms with Gasteiger partial charge in [0.1, 0.15) is 11.6 Å². The number of aryl methyl sites for hydroxylation is 1. The van der Waals surface area contributed by atoms with Crippen LogP contribution in [0.15, 0.2) is 78.9 Å². The Morgan fingerprint density at radius 3 is 2.11 bits per heavy atom. The zero-order valence-corrected chi connectivity index (χ0v) is 27.5. The minimum atomic E-state index is -0.315.